The number of amides is 2. The Balaban J connectivity index is 1.39. The summed E-state index contributed by atoms with van der Waals surface area (Å²) in [6.45, 7) is 1.40. The number of nitrogens with zero attached hydrogens (tertiary/aromatic N) is 1. The molecule has 2 amide bonds. The number of ketones is 1. The van der Waals surface area contributed by atoms with Crippen LogP contribution in [0.15, 0.2) is 72.8 Å². The first-order valence-electron chi connectivity index (χ1n) is 15.3. The van der Waals surface area contributed by atoms with Gasteiger partial charge in [-0.25, -0.2) is 4.90 Å². The number of imide groups is 1. The molecule has 0 bridgehead atoms. The number of hydrogen-bond donors (Lipinski definition) is 2. The quantitative estimate of drug-likeness (QED) is 0.204. The maximum atomic E-state index is 14.2. The molecule has 2 N–H and O–H groups in total. The molecule has 2 aliphatic heterocycles. The number of Topliss-reactive ketones (excluding diaryl/α,β-unsaturated/α-hetero) is 1. The fourth-order valence-corrected chi connectivity index (χ4v) is 7.35. The molecule has 0 aromatic heterocycles. The Bertz CT molecular complexity index is 1680. The van der Waals surface area contributed by atoms with Crippen molar-refractivity contribution in [1.29, 1.82) is 0 Å². The molecule has 1 aliphatic carbocycles. The first-order valence-corrected chi connectivity index (χ1v) is 15.3. The van der Waals surface area contributed by atoms with Crippen LogP contribution in [0.4, 0.5) is 18.9 Å². The van der Waals surface area contributed by atoms with E-state index in [9.17, 15) is 37.5 Å². The first-order chi connectivity index (χ1) is 21.9. The number of carbonyl (C=O) groups excluding carboxylic acids is 3. The van der Waals surface area contributed by atoms with E-state index in [-0.39, 0.29) is 35.3 Å². The van der Waals surface area contributed by atoms with E-state index >= 15 is 0 Å². The predicted molar refractivity (Wildman–Crippen MR) is 161 cm³/mol. The van der Waals surface area contributed by atoms with Crippen molar-refractivity contribution in [3.8, 4) is 11.5 Å². The molecule has 4 unspecified atom stereocenters. The molecule has 2 saturated heterocycles. The standard InChI is InChI=1S/C35H33F3N2O6/c1-20(41)22-13-15-25(16-14-22)40-31(42)28-29(32(40)43)34(33(44)45,19-21-7-3-2-4-8-21)39-30(28)23-9-5-11-26(17-23)46-27-12-6-10-24(18-27)35(36,37)38/h5-6,9-18,21,28-30,39H,2-4,7-8,19H2,1H3,(H,44,45). The molecule has 3 aliphatic rings. The van der Waals surface area contributed by atoms with Crippen LogP contribution >= 0.6 is 0 Å². The highest BCUT2D eigenvalue weighted by Gasteiger charge is 2.69. The Kier molecular flexibility index (Phi) is 8.22. The smallest absolute Gasteiger partial charge is 0.416 e. The molecule has 8 nitrogen and oxygen atoms in total. The molecule has 0 spiro atoms. The lowest BCUT2D eigenvalue weighted by Crippen LogP contribution is -2.57. The van der Waals surface area contributed by atoms with Crippen molar-refractivity contribution in [2.45, 2.75) is 63.2 Å². The van der Waals surface area contributed by atoms with Gasteiger partial charge >= 0.3 is 12.1 Å². The number of aliphatic carboxylic acids is 1. The van der Waals surface area contributed by atoms with E-state index in [4.69, 9.17) is 4.74 Å². The van der Waals surface area contributed by atoms with E-state index < -0.39 is 52.9 Å². The number of ether oxygens (including phenoxy) is 1. The van der Waals surface area contributed by atoms with Gasteiger partial charge in [-0.2, -0.15) is 13.2 Å². The number of alkyl halides is 3. The minimum absolute atomic E-state index is 0.0409. The van der Waals surface area contributed by atoms with Crippen molar-refractivity contribution in [2.24, 2.45) is 17.8 Å². The van der Waals surface area contributed by atoms with E-state index in [0.29, 0.717) is 11.1 Å². The average molecular weight is 635 g/mol. The lowest BCUT2D eigenvalue weighted by molar-refractivity contribution is -0.150. The van der Waals surface area contributed by atoms with Crippen molar-refractivity contribution in [2.75, 3.05) is 4.90 Å². The summed E-state index contributed by atoms with van der Waals surface area (Å²) in [7, 11) is 0. The van der Waals surface area contributed by atoms with Gasteiger partial charge in [-0.05, 0) is 79.4 Å². The molecule has 3 aromatic carbocycles. The summed E-state index contributed by atoms with van der Waals surface area (Å²) in [5.41, 5.74) is -1.51. The molecule has 0 radical (unpaired) electrons. The van der Waals surface area contributed by atoms with Gasteiger partial charge in [0.15, 0.2) is 5.78 Å². The zero-order chi connectivity index (χ0) is 32.8. The average Bonchev–Trinajstić information content (AvgIpc) is 3.51. The normalized spacial score (nSPS) is 25.0. The lowest BCUT2D eigenvalue weighted by atomic mass is 9.72. The maximum Gasteiger partial charge on any atom is 0.416 e. The second kappa shape index (κ2) is 12.0. The van der Waals surface area contributed by atoms with Gasteiger partial charge in [-0.15, -0.1) is 0 Å². The van der Waals surface area contributed by atoms with Crippen LogP contribution in [-0.2, 0) is 20.6 Å². The topological polar surface area (TPSA) is 113 Å². The van der Waals surface area contributed by atoms with Gasteiger partial charge in [-0.3, -0.25) is 24.5 Å². The van der Waals surface area contributed by atoms with Gasteiger partial charge in [0.05, 0.1) is 23.1 Å². The SMILES string of the molecule is CC(=O)c1ccc(N2C(=O)C3C(c4cccc(Oc5cccc(C(F)(F)F)c5)c4)NC(CC4CCCCC4)(C(=O)O)C3C2=O)cc1. The summed E-state index contributed by atoms with van der Waals surface area (Å²) in [5, 5.41) is 14.0. The number of carboxylic acid groups (broad SMARTS) is 1. The van der Waals surface area contributed by atoms with Gasteiger partial charge in [0.25, 0.3) is 0 Å². The number of carbonyl (C=O) groups is 4. The molecule has 3 aromatic rings. The van der Waals surface area contributed by atoms with Crippen molar-refractivity contribution in [3.63, 3.8) is 0 Å². The Morgan fingerprint density at radius 2 is 1.59 bits per heavy atom. The van der Waals surface area contributed by atoms with Crippen molar-refractivity contribution < 1.29 is 42.2 Å². The van der Waals surface area contributed by atoms with Crippen LogP contribution in [0.25, 0.3) is 0 Å². The highest BCUT2D eigenvalue weighted by molar-refractivity contribution is 6.24. The second-order valence-electron chi connectivity index (χ2n) is 12.4. The largest absolute Gasteiger partial charge is 0.480 e. The molecule has 4 atom stereocenters. The molecule has 2 heterocycles. The highest BCUT2D eigenvalue weighted by Crippen LogP contribution is 2.53. The summed E-state index contributed by atoms with van der Waals surface area (Å²) in [5.74, 6) is -4.72. The van der Waals surface area contributed by atoms with Gasteiger partial charge in [0.1, 0.15) is 17.0 Å². The third-order valence-corrected chi connectivity index (χ3v) is 9.52. The zero-order valence-electron chi connectivity index (χ0n) is 25.0. The summed E-state index contributed by atoms with van der Waals surface area (Å²) in [6, 6.07) is 16.0. The maximum absolute atomic E-state index is 14.2. The van der Waals surface area contributed by atoms with Crippen LogP contribution in [0.5, 0.6) is 11.5 Å². The van der Waals surface area contributed by atoms with Crippen LogP contribution in [0.1, 0.15) is 73.0 Å². The van der Waals surface area contributed by atoms with Gasteiger partial charge in [-0.1, -0.05) is 50.3 Å². The second-order valence-corrected chi connectivity index (χ2v) is 12.4. The van der Waals surface area contributed by atoms with E-state index in [0.717, 1.165) is 49.1 Å². The Labute approximate surface area is 263 Å². The van der Waals surface area contributed by atoms with E-state index in [1.165, 1.54) is 43.3 Å². The molecule has 1 saturated carbocycles. The van der Waals surface area contributed by atoms with Crippen LogP contribution < -0.4 is 15.0 Å². The third kappa shape index (κ3) is 5.68. The van der Waals surface area contributed by atoms with E-state index in [1.54, 1.807) is 24.3 Å². The lowest BCUT2D eigenvalue weighted by Gasteiger charge is -2.35. The van der Waals surface area contributed by atoms with Crippen LogP contribution in [0.3, 0.4) is 0 Å². The monoisotopic (exact) mass is 634 g/mol. The molecular formula is C35H33F3N2O6. The van der Waals surface area contributed by atoms with Crippen molar-refractivity contribution in [3.05, 3.63) is 89.5 Å². The number of halogens is 3. The number of hydrogen-bond acceptors (Lipinski definition) is 6. The Morgan fingerprint density at radius 1 is 0.935 bits per heavy atom. The number of carboxylic acids is 1. The van der Waals surface area contributed by atoms with Gasteiger partial charge in [0, 0.05) is 11.6 Å². The summed E-state index contributed by atoms with van der Waals surface area (Å²) >= 11 is 0. The summed E-state index contributed by atoms with van der Waals surface area (Å²) in [4.78, 5) is 54.5. The predicted octanol–water partition coefficient (Wildman–Crippen LogP) is 6.94. The summed E-state index contributed by atoms with van der Waals surface area (Å²) in [6.07, 6.45) is 0.197. The van der Waals surface area contributed by atoms with Crippen molar-refractivity contribution in [1.82, 2.24) is 5.32 Å². The number of rotatable bonds is 8. The van der Waals surface area contributed by atoms with Crippen LogP contribution in [0, 0.1) is 17.8 Å². The van der Waals surface area contributed by atoms with Gasteiger partial charge < -0.3 is 9.84 Å². The number of benzene rings is 3. The fourth-order valence-electron chi connectivity index (χ4n) is 7.35. The minimum Gasteiger partial charge on any atom is -0.480 e. The molecule has 11 heteroatoms. The number of nitrogens with one attached hydrogen (secondary N) is 1. The first kappa shape index (κ1) is 31.5. The van der Waals surface area contributed by atoms with Crippen molar-refractivity contribution >= 4 is 29.3 Å². The molecule has 3 fully saturated rings. The minimum atomic E-state index is -4.56. The fraction of sp³-hybridized carbons (Fsp3) is 0.371. The summed E-state index contributed by atoms with van der Waals surface area (Å²) < 4.78 is 45.7. The van der Waals surface area contributed by atoms with E-state index in [2.05, 4.69) is 5.32 Å². The van der Waals surface area contributed by atoms with Crippen LogP contribution in [0.2, 0.25) is 0 Å². The Morgan fingerprint density at radius 3 is 2.22 bits per heavy atom. The third-order valence-electron chi connectivity index (χ3n) is 9.52. The molecular weight excluding hydrogens is 601 g/mol. The molecule has 6 rings (SSSR count). The number of fused-ring (bicyclic) bond motifs is 1. The molecule has 240 valence electrons. The van der Waals surface area contributed by atoms with Crippen LogP contribution in [-0.4, -0.2) is 34.2 Å². The van der Waals surface area contributed by atoms with E-state index in [1.807, 2.05) is 0 Å². The molecule has 46 heavy (non-hydrogen) atoms. The Hall–Kier alpha value is -4.51. The highest BCUT2D eigenvalue weighted by atomic mass is 19.4. The zero-order valence-corrected chi connectivity index (χ0v) is 25.0. The number of anilines is 1. The van der Waals surface area contributed by atoms with Gasteiger partial charge in [0.2, 0.25) is 11.8 Å².